The minimum atomic E-state index is -0.974. The lowest BCUT2D eigenvalue weighted by molar-refractivity contribution is -0.140. The van der Waals surface area contributed by atoms with Gasteiger partial charge in [-0.15, -0.1) is 0 Å². The number of amides is 3. The molecular weight excluding hydrogens is 526 g/mol. The first-order valence-corrected chi connectivity index (χ1v) is 13.9. The largest absolute Gasteiger partial charge is 0.480 e. The van der Waals surface area contributed by atoms with Crippen LogP contribution < -0.4 is 16.1 Å². The van der Waals surface area contributed by atoms with Crippen LogP contribution in [0.15, 0.2) is 0 Å². The van der Waals surface area contributed by atoms with E-state index in [1.165, 1.54) is 0 Å². The van der Waals surface area contributed by atoms with Gasteiger partial charge in [0.2, 0.25) is 17.7 Å². The van der Waals surface area contributed by atoms with Crippen molar-refractivity contribution >= 4 is 29.7 Å². The molecule has 0 saturated carbocycles. The molecule has 40 heavy (non-hydrogen) atoms. The number of rotatable bonds is 16. The molecule has 0 aromatic carbocycles. The number of aliphatic carboxylic acids is 2. The summed E-state index contributed by atoms with van der Waals surface area (Å²) in [6.45, 7) is 9.03. The monoisotopic (exact) mass is 573 g/mol. The molecule has 0 unspecified atom stereocenters. The number of nitrogens with zero attached hydrogens (tertiary/aromatic N) is 4. The first-order valence-electron chi connectivity index (χ1n) is 13.9. The molecule has 1 aliphatic rings. The van der Waals surface area contributed by atoms with Crippen molar-refractivity contribution in [3.8, 4) is 0 Å². The summed E-state index contributed by atoms with van der Waals surface area (Å²) in [4.78, 5) is 71.3. The summed E-state index contributed by atoms with van der Waals surface area (Å²) in [5.41, 5.74) is 2.19. The van der Waals surface area contributed by atoms with Crippen LogP contribution in [0, 0.1) is 0 Å². The fourth-order valence-electron chi connectivity index (χ4n) is 4.01. The van der Waals surface area contributed by atoms with Crippen molar-refractivity contribution in [3.63, 3.8) is 0 Å². The maximum absolute atomic E-state index is 12.6. The lowest BCUT2D eigenvalue weighted by Crippen LogP contribution is -2.49. The second kappa shape index (κ2) is 21.0. The number of carboxylic acid groups (broad SMARTS) is 2. The van der Waals surface area contributed by atoms with Gasteiger partial charge in [0.1, 0.15) is 0 Å². The molecule has 15 heteroatoms. The normalized spacial score (nSPS) is 16.9. The Hall–Kier alpha value is -2.85. The molecule has 0 atom stereocenters. The lowest BCUT2D eigenvalue weighted by Gasteiger charge is -2.33. The average molecular weight is 574 g/mol. The van der Waals surface area contributed by atoms with Gasteiger partial charge in [0.05, 0.1) is 19.6 Å². The summed E-state index contributed by atoms with van der Waals surface area (Å²) < 4.78 is 0. The van der Waals surface area contributed by atoms with Crippen molar-refractivity contribution < 1.29 is 39.0 Å². The van der Waals surface area contributed by atoms with Gasteiger partial charge in [-0.05, 0) is 13.0 Å². The van der Waals surface area contributed by atoms with Gasteiger partial charge < -0.3 is 25.7 Å². The summed E-state index contributed by atoms with van der Waals surface area (Å²) in [5, 5.41) is 23.9. The molecule has 15 nitrogen and oxygen atoms in total. The van der Waals surface area contributed by atoms with Crippen LogP contribution in [0.3, 0.4) is 0 Å². The van der Waals surface area contributed by atoms with Gasteiger partial charge in [0.25, 0.3) is 0 Å². The molecule has 1 aliphatic heterocycles. The Labute approximate surface area is 236 Å². The standard InChI is InChI=1S/C25H47N7O8/c1-3-5-7-26-23(35)20-40-28-21(33)6-8-27-22(34)17-30-11-9-29(4-2)10-12-31(18-24(36)37)15-16-32(14-13-30)19-25(38)39/h3-20H2,1-2H3,(H,26,35)(H,27,34)(H,28,33)(H,36,37)(H,38,39). The molecule has 3 amide bonds. The van der Waals surface area contributed by atoms with E-state index in [1.807, 2.05) is 23.6 Å². The Bertz CT molecular complexity index is 801. The molecule has 1 saturated heterocycles. The van der Waals surface area contributed by atoms with E-state index in [0.717, 1.165) is 19.4 Å². The topological polar surface area (TPSA) is 184 Å². The van der Waals surface area contributed by atoms with Gasteiger partial charge in [0.15, 0.2) is 6.61 Å². The Morgan fingerprint density at radius 2 is 1.12 bits per heavy atom. The highest BCUT2D eigenvalue weighted by Crippen LogP contribution is 2.01. The first-order chi connectivity index (χ1) is 19.1. The van der Waals surface area contributed by atoms with Crippen molar-refractivity contribution in [2.45, 2.75) is 33.1 Å². The van der Waals surface area contributed by atoms with Crippen LogP contribution in [0.1, 0.15) is 33.1 Å². The highest BCUT2D eigenvalue weighted by Gasteiger charge is 2.20. The molecule has 0 aliphatic carbocycles. The predicted octanol–water partition coefficient (Wildman–Crippen LogP) is -2.13. The fourth-order valence-corrected chi connectivity index (χ4v) is 4.01. The number of carboxylic acids is 2. The van der Waals surface area contributed by atoms with E-state index < -0.39 is 17.8 Å². The minimum Gasteiger partial charge on any atom is -0.480 e. The van der Waals surface area contributed by atoms with E-state index in [-0.39, 0.29) is 51.0 Å². The van der Waals surface area contributed by atoms with Crippen LogP contribution in [0.25, 0.3) is 0 Å². The summed E-state index contributed by atoms with van der Waals surface area (Å²) in [6, 6.07) is 0. The molecule has 0 bridgehead atoms. The lowest BCUT2D eigenvalue weighted by atomic mass is 10.3. The third kappa shape index (κ3) is 17.7. The molecule has 0 radical (unpaired) electrons. The van der Waals surface area contributed by atoms with E-state index >= 15 is 0 Å². The molecule has 230 valence electrons. The van der Waals surface area contributed by atoms with E-state index in [2.05, 4.69) is 21.0 Å². The number of hydrogen-bond donors (Lipinski definition) is 5. The minimum absolute atomic E-state index is 0.0218. The summed E-state index contributed by atoms with van der Waals surface area (Å²) in [5.74, 6) is -2.95. The Kier molecular flexibility index (Phi) is 18.4. The van der Waals surface area contributed by atoms with E-state index in [9.17, 15) is 34.2 Å². The van der Waals surface area contributed by atoms with E-state index in [4.69, 9.17) is 4.84 Å². The van der Waals surface area contributed by atoms with E-state index in [0.29, 0.717) is 58.9 Å². The van der Waals surface area contributed by atoms with E-state index in [1.54, 1.807) is 4.90 Å². The summed E-state index contributed by atoms with van der Waals surface area (Å²) in [6.07, 6.45) is 1.79. The number of hydrogen-bond acceptors (Lipinski definition) is 10. The van der Waals surface area contributed by atoms with Gasteiger partial charge in [0, 0.05) is 71.9 Å². The zero-order valence-electron chi connectivity index (χ0n) is 23.9. The fraction of sp³-hybridized carbons (Fsp3) is 0.800. The second-order valence-corrected chi connectivity index (χ2v) is 9.67. The maximum atomic E-state index is 12.6. The molecule has 1 rings (SSSR count). The van der Waals surface area contributed by atoms with Gasteiger partial charge in [-0.2, -0.15) is 0 Å². The molecule has 5 N–H and O–H groups in total. The van der Waals surface area contributed by atoms with Crippen LogP contribution in [-0.4, -0.2) is 158 Å². The SMILES string of the molecule is CCCCNC(=O)CONC(=O)CCNC(=O)CN1CCN(CC)CCN(CC(=O)O)CCN(CC(=O)O)CC1. The van der Waals surface area contributed by atoms with Crippen LogP contribution in [-0.2, 0) is 28.8 Å². The van der Waals surface area contributed by atoms with Crippen molar-refractivity contribution in [1.29, 1.82) is 0 Å². The van der Waals surface area contributed by atoms with Crippen LogP contribution >= 0.6 is 0 Å². The number of hydroxylamine groups is 1. The average Bonchev–Trinajstić information content (AvgIpc) is 2.88. The maximum Gasteiger partial charge on any atom is 0.317 e. The molecule has 0 aromatic heterocycles. The quantitative estimate of drug-likeness (QED) is 0.1000. The molecule has 1 heterocycles. The van der Waals surface area contributed by atoms with Crippen molar-refractivity contribution in [3.05, 3.63) is 0 Å². The Balaban J connectivity index is 2.55. The number of likely N-dealkylation sites (N-methyl/N-ethyl adjacent to an activating group) is 1. The van der Waals surface area contributed by atoms with Crippen LogP contribution in [0.4, 0.5) is 0 Å². The zero-order valence-corrected chi connectivity index (χ0v) is 23.9. The third-order valence-electron chi connectivity index (χ3n) is 6.38. The smallest absolute Gasteiger partial charge is 0.317 e. The highest BCUT2D eigenvalue weighted by molar-refractivity contribution is 5.80. The molecule has 0 spiro atoms. The summed E-state index contributed by atoms with van der Waals surface area (Å²) in [7, 11) is 0. The van der Waals surface area contributed by atoms with Gasteiger partial charge >= 0.3 is 11.9 Å². The summed E-state index contributed by atoms with van der Waals surface area (Å²) >= 11 is 0. The van der Waals surface area contributed by atoms with Crippen LogP contribution in [0.5, 0.6) is 0 Å². The first kappa shape index (κ1) is 35.2. The number of carbonyl (C=O) groups excluding carboxylic acids is 3. The Morgan fingerprint density at radius 1 is 0.650 bits per heavy atom. The van der Waals surface area contributed by atoms with Gasteiger partial charge in [-0.25, -0.2) is 5.48 Å². The molecular formula is C25H47N7O8. The van der Waals surface area contributed by atoms with Crippen molar-refractivity contribution in [2.24, 2.45) is 0 Å². The van der Waals surface area contributed by atoms with Crippen molar-refractivity contribution in [1.82, 2.24) is 35.7 Å². The number of carbonyl (C=O) groups is 5. The predicted molar refractivity (Wildman–Crippen MR) is 146 cm³/mol. The van der Waals surface area contributed by atoms with Gasteiger partial charge in [-0.3, -0.25) is 43.5 Å². The molecule has 0 aromatic rings. The van der Waals surface area contributed by atoms with Gasteiger partial charge in [-0.1, -0.05) is 20.3 Å². The van der Waals surface area contributed by atoms with Crippen molar-refractivity contribution in [2.75, 3.05) is 98.2 Å². The second-order valence-electron chi connectivity index (χ2n) is 9.67. The number of unbranched alkanes of at least 4 members (excludes halogenated alkanes) is 1. The van der Waals surface area contributed by atoms with Crippen LogP contribution in [0.2, 0.25) is 0 Å². The number of nitrogens with one attached hydrogen (secondary N) is 3. The molecule has 1 fully saturated rings. The third-order valence-corrected chi connectivity index (χ3v) is 6.38. The highest BCUT2D eigenvalue weighted by atomic mass is 16.7. The Morgan fingerprint density at radius 3 is 1.60 bits per heavy atom. The zero-order chi connectivity index (χ0) is 29.8.